The molecule has 2 aromatic carbocycles. The first-order valence-electron chi connectivity index (χ1n) is 17.5. The lowest BCUT2D eigenvalue weighted by molar-refractivity contribution is -0.176. The largest absolute Gasteiger partial charge is 0.446 e. The number of ether oxygens (including phenoxy) is 4. The van der Waals surface area contributed by atoms with Crippen LogP contribution in [0.2, 0.25) is 0 Å². The molecule has 1 amide bonds. The SMILES string of the molecule is CC(=O)N1N=C2c3cc(OC(=O)[C@@]45CC[C@](C)(C(=O)O4)C5(C)C)ccc3CC[C@@H]2[C@@H]1c1ccc(OC(=O)[C@]23CC[C@@](C)(C(=O)O2)C3(C)C)cc1. The van der Waals surface area contributed by atoms with Gasteiger partial charge < -0.3 is 18.9 Å². The Balaban J connectivity index is 1.03. The van der Waals surface area contributed by atoms with Gasteiger partial charge in [0.05, 0.1) is 22.6 Å². The number of carbonyl (C=O) groups excluding carboxylic acids is 5. The van der Waals surface area contributed by atoms with Crippen molar-refractivity contribution in [3.63, 3.8) is 0 Å². The first kappa shape index (κ1) is 32.7. The second-order valence-electron chi connectivity index (χ2n) is 16.5. The number of nitrogens with zero attached hydrogens (tertiary/aromatic N) is 2. The van der Waals surface area contributed by atoms with Crippen molar-refractivity contribution < 1.29 is 42.9 Å². The third kappa shape index (κ3) is 3.81. The maximum absolute atomic E-state index is 13.7. The number of fused-ring (bicyclic) bond motifs is 7. The molecular formula is C39H42N2O9. The number of hydrazone groups is 1. The van der Waals surface area contributed by atoms with Gasteiger partial charge in [-0.3, -0.25) is 14.4 Å². The lowest BCUT2D eigenvalue weighted by Crippen LogP contribution is -2.50. The summed E-state index contributed by atoms with van der Waals surface area (Å²) in [7, 11) is 0. The first-order valence-corrected chi connectivity index (χ1v) is 17.5. The number of esters is 4. The second kappa shape index (κ2) is 10.0. The topological polar surface area (TPSA) is 138 Å². The number of amides is 1. The molecule has 50 heavy (non-hydrogen) atoms. The van der Waals surface area contributed by atoms with Gasteiger partial charge in [-0.1, -0.05) is 45.9 Å². The van der Waals surface area contributed by atoms with Crippen LogP contribution in [0.25, 0.3) is 0 Å². The molecule has 2 saturated carbocycles. The summed E-state index contributed by atoms with van der Waals surface area (Å²) in [6.45, 7) is 12.7. The van der Waals surface area contributed by atoms with Crippen molar-refractivity contribution in [1.82, 2.24) is 5.01 Å². The maximum Gasteiger partial charge on any atom is 0.356 e. The highest BCUT2D eigenvalue weighted by Gasteiger charge is 2.77. The van der Waals surface area contributed by atoms with Crippen LogP contribution in [-0.2, 0) is 39.9 Å². The number of carbonyl (C=O) groups is 5. The van der Waals surface area contributed by atoms with Gasteiger partial charge in [0.1, 0.15) is 11.5 Å². The minimum Gasteiger partial charge on any atom is -0.446 e. The molecule has 2 aromatic rings. The Bertz CT molecular complexity index is 1950. The van der Waals surface area contributed by atoms with E-state index in [1.807, 2.05) is 59.7 Å². The molecule has 6 atom stereocenters. The monoisotopic (exact) mass is 682 g/mol. The van der Waals surface area contributed by atoms with Gasteiger partial charge in [-0.05, 0) is 87.8 Å². The third-order valence-electron chi connectivity index (χ3n) is 14.1. The van der Waals surface area contributed by atoms with E-state index in [1.165, 1.54) is 11.9 Å². The molecule has 3 aliphatic carbocycles. The number of hydrogen-bond acceptors (Lipinski definition) is 10. The van der Waals surface area contributed by atoms with Gasteiger partial charge in [-0.2, -0.15) is 5.10 Å². The molecule has 3 heterocycles. The Morgan fingerprint density at radius 1 is 0.760 bits per heavy atom. The molecule has 11 heteroatoms. The van der Waals surface area contributed by atoms with Gasteiger partial charge in [0.15, 0.2) is 0 Å². The highest BCUT2D eigenvalue weighted by molar-refractivity contribution is 6.07. The average Bonchev–Trinajstić information content (AvgIpc) is 3.71. The van der Waals surface area contributed by atoms with Crippen LogP contribution in [0, 0.1) is 27.6 Å². The predicted octanol–water partition coefficient (Wildman–Crippen LogP) is 5.61. The summed E-state index contributed by atoms with van der Waals surface area (Å²) in [5.74, 6) is -1.64. The standard InChI is InChI=1S/C39H42N2O9/c1-21(42)41-29(23-9-12-24(13-10-23)47-32(45)38-18-16-36(6,30(43)49-38)34(38,2)3)26-15-11-22-8-14-25(20-27(22)28(26)40-41)48-33(46)39-19-17-37(7,31(44)50-39)35(39,4)5/h8-10,12-14,20,26,29H,11,15-19H2,1-7H3/t26-,29-,36-,37+,38-,39+/m0/s1. The molecule has 6 aliphatic rings. The summed E-state index contributed by atoms with van der Waals surface area (Å²) in [4.78, 5) is 65.6. The van der Waals surface area contributed by atoms with Gasteiger partial charge in [0.2, 0.25) is 17.1 Å². The van der Waals surface area contributed by atoms with Crippen LogP contribution >= 0.6 is 0 Å². The Labute approximate surface area is 290 Å². The van der Waals surface area contributed by atoms with Crippen molar-refractivity contribution >= 4 is 35.5 Å². The van der Waals surface area contributed by atoms with Crippen molar-refractivity contribution in [2.45, 2.75) is 104 Å². The quantitative estimate of drug-likeness (QED) is 0.291. The van der Waals surface area contributed by atoms with E-state index >= 15 is 0 Å². The smallest absolute Gasteiger partial charge is 0.356 e. The number of benzene rings is 2. The van der Waals surface area contributed by atoms with E-state index in [0.29, 0.717) is 37.2 Å². The molecule has 3 aliphatic heterocycles. The average molecular weight is 683 g/mol. The van der Waals surface area contributed by atoms with Crippen molar-refractivity contribution in [1.29, 1.82) is 0 Å². The molecule has 262 valence electrons. The van der Waals surface area contributed by atoms with Crippen molar-refractivity contribution in [3.05, 3.63) is 59.2 Å². The molecule has 4 bridgehead atoms. The highest BCUT2D eigenvalue weighted by Crippen LogP contribution is 2.67. The Morgan fingerprint density at radius 2 is 1.28 bits per heavy atom. The van der Waals surface area contributed by atoms with Gasteiger partial charge in [0.25, 0.3) is 0 Å². The van der Waals surface area contributed by atoms with Crippen LogP contribution in [0.15, 0.2) is 47.6 Å². The molecular weight excluding hydrogens is 640 g/mol. The van der Waals surface area contributed by atoms with Crippen LogP contribution in [0.4, 0.5) is 0 Å². The Morgan fingerprint density at radius 3 is 1.76 bits per heavy atom. The zero-order valence-electron chi connectivity index (χ0n) is 29.5. The summed E-state index contributed by atoms with van der Waals surface area (Å²) in [5, 5.41) is 6.31. The fraction of sp³-hybridized carbons (Fsp3) is 0.538. The highest BCUT2D eigenvalue weighted by atomic mass is 16.6. The Kier molecular flexibility index (Phi) is 6.56. The van der Waals surface area contributed by atoms with Gasteiger partial charge in [-0.25, -0.2) is 14.6 Å². The van der Waals surface area contributed by atoms with E-state index in [2.05, 4.69) is 0 Å². The lowest BCUT2D eigenvalue weighted by atomic mass is 9.66. The van der Waals surface area contributed by atoms with E-state index in [0.717, 1.165) is 35.2 Å². The summed E-state index contributed by atoms with van der Waals surface area (Å²) in [6, 6.07) is 12.1. The van der Waals surface area contributed by atoms with E-state index in [1.54, 1.807) is 24.3 Å². The zero-order valence-corrected chi connectivity index (χ0v) is 29.5. The van der Waals surface area contributed by atoms with Crippen molar-refractivity contribution in [3.8, 4) is 11.5 Å². The second-order valence-corrected chi connectivity index (χ2v) is 16.5. The first-order chi connectivity index (χ1) is 23.4. The fourth-order valence-corrected chi connectivity index (χ4v) is 9.66. The molecule has 8 rings (SSSR count). The van der Waals surface area contributed by atoms with Gasteiger partial charge in [-0.15, -0.1) is 0 Å². The summed E-state index contributed by atoms with van der Waals surface area (Å²) in [5.41, 5.74) is -2.25. The molecule has 0 radical (unpaired) electrons. The molecule has 2 saturated heterocycles. The van der Waals surface area contributed by atoms with Crippen LogP contribution in [-0.4, -0.2) is 51.7 Å². The minimum absolute atomic E-state index is 0.136. The minimum atomic E-state index is -1.35. The van der Waals surface area contributed by atoms with Crippen LogP contribution in [0.5, 0.6) is 11.5 Å². The third-order valence-corrected chi connectivity index (χ3v) is 14.1. The van der Waals surface area contributed by atoms with Gasteiger partial charge >= 0.3 is 23.9 Å². The van der Waals surface area contributed by atoms with Gasteiger partial charge in [0, 0.05) is 29.2 Å². The van der Waals surface area contributed by atoms with Crippen LogP contribution in [0.3, 0.4) is 0 Å². The lowest BCUT2D eigenvalue weighted by Gasteiger charge is -2.34. The summed E-state index contributed by atoms with van der Waals surface area (Å²) < 4.78 is 23.2. The maximum atomic E-state index is 13.7. The molecule has 0 N–H and O–H groups in total. The van der Waals surface area contributed by atoms with Crippen LogP contribution in [0.1, 0.15) is 103 Å². The molecule has 11 nitrogen and oxygen atoms in total. The fourth-order valence-electron chi connectivity index (χ4n) is 9.66. The molecule has 0 unspecified atom stereocenters. The number of aryl methyl sites for hydroxylation is 1. The van der Waals surface area contributed by atoms with Crippen molar-refractivity contribution in [2.75, 3.05) is 0 Å². The van der Waals surface area contributed by atoms with E-state index in [-0.39, 0.29) is 23.8 Å². The van der Waals surface area contributed by atoms with E-state index in [4.69, 9.17) is 24.0 Å². The molecule has 4 fully saturated rings. The molecule has 0 aromatic heterocycles. The number of hydrogen-bond donors (Lipinski definition) is 0. The van der Waals surface area contributed by atoms with E-state index < -0.39 is 50.8 Å². The summed E-state index contributed by atoms with van der Waals surface area (Å²) in [6.07, 6.45) is 3.39. The molecule has 0 spiro atoms. The Hall–Kier alpha value is -4.54. The number of rotatable bonds is 5. The zero-order chi connectivity index (χ0) is 35.8. The van der Waals surface area contributed by atoms with Crippen LogP contribution < -0.4 is 9.47 Å². The predicted molar refractivity (Wildman–Crippen MR) is 178 cm³/mol. The normalized spacial score (nSPS) is 35.2. The van der Waals surface area contributed by atoms with E-state index in [9.17, 15) is 24.0 Å². The summed E-state index contributed by atoms with van der Waals surface area (Å²) >= 11 is 0. The van der Waals surface area contributed by atoms with Crippen molar-refractivity contribution in [2.24, 2.45) is 32.7 Å².